The zero-order chi connectivity index (χ0) is 15.3. The summed E-state index contributed by atoms with van der Waals surface area (Å²) in [6, 6.07) is 5.34. The molecule has 1 amide bonds. The quantitative estimate of drug-likeness (QED) is 0.363. The lowest BCUT2D eigenvalue weighted by Gasteiger charge is -2.25. The number of amides is 1. The molecule has 0 fully saturated rings. The minimum Gasteiger partial charge on any atom is -0.459 e. The highest BCUT2D eigenvalue weighted by atomic mass is 16.6. The van der Waals surface area contributed by atoms with Gasteiger partial charge in [-0.05, 0) is 26.8 Å². The van der Waals surface area contributed by atoms with Gasteiger partial charge >= 0.3 is 11.9 Å². The van der Waals surface area contributed by atoms with Crippen molar-refractivity contribution in [3.63, 3.8) is 0 Å². The number of esters is 1. The number of carbonyl (C=O) groups excluding carboxylic acids is 2. The number of nitrogens with zero attached hydrogens (tertiary/aromatic N) is 2. The fourth-order valence-corrected chi connectivity index (χ4v) is 1.74. The van der Waals surface area contributed by atoms with Crippen LogP contribution in [-0.4, -0.2) is 29.4 Å². The molecule has 0 aliphatic heterocycles. The van der Waals surface area contributed by atoms with Gasteiger partial charge in [0.15, 0.2) is 0 Å². The summed E-state index contributed by atoms with van der Waals surface area (Å²) in [6.07, 6.45) is 0. The van der Waals surface area contributed by atoms with Crippen molar-refractivity contribution in [3.8, 4) is 0 Å². The number of nitro groups is 1. The van der Waals surface area contributed by atoms with Crippen LogP contribution in [0.3, 0.4) is 0 Å². The van der Waals surface area contributed by atoms with Gasteiger partial charge in [0.2, 0.25) is 0 Å². The van der Waals surface area contributed by atoms with Gasteiger partial charge < -0.3 is 4.74 Å². The first-order chi connectivity index (χ1) is 9.40. The number of rotatable bonds is 4. The van der Waals surface area contributed by atoms with Crippen molar-refractivity contribution >= 4 is 23.3 Å². The van der Waals surface area contributed by atoms with E-state index in [0.29, 0.717) is 0 Å². The number of carbonyl (C=O) groups is 2. The molecule has 0 N–H and O–H groups in total. The van der Waals surface area contributed by atoms with Crippen LogP contribution in [0.15, 0.2) is 24.3 Å². The smallest absolute Gasteiger partial charge is 0.397 e. The van der Waals surface area contributed by atoms with Gasteiger partial charge in [-0.1, -0.05) is 12.1 Å². The second kappa shape index (κ2) is 6.65. The predicted octanol–water partition coefficient (Wildman–Crippen LogP) is 1.90. The lowest BCUT2D eigenvalue weighted by Crippen LogP contribution is -2.42. The van der Waals surface area contributed by atoms with Gasteiger partial charge in [-0.2, -0.15) is 0 Å². The Morgan fingerprint density at radius 2 is 1.95 bits per heavy atom. The van der Waals surface area contributed by atoms with Gasteiger partial charge in [-0.15, -0.1) is 0 Å². The average Bonchev–Trinajstić information content (AvgIpc) is 2.39. The number of benzene rings is 1. The molecule has 7 heteroatoms. The summed E-state index contributed by atoms with van der Waals surface area (Å²) in [5, 5.41) is 11.0. The monoisotopic (exact) mass is 280 g/mol. The van der Waals surface area contributed by atoms with E-state index >= 15 is 0 Å². The first-order valence-electron chi connectivity index (χ1n) is 6.13. The molecule has 1 aromatic carbocycles. The second-order valence-corrected chi connectivity index (χ2v) is 4.24. The molecule has 0 aliphatic rings. The van der Waals surface area contributed by atoms with Crippen LogP contribution in [0.25, 0.3) is 0 Å². The number of ether oxygens (including phenoxy) is 1. The minimum absolute atomic E-state index is 0.0629. The maximum Gasteiger partial charge on any atom is 0.397 e. The van der Waals surface area contributed by atoms with E-state index in [-0.39, 0.29) is 18.0 Å². The van der Waals surface area contributed by atoms with Gasteiger partial charge in [-0.3, -0.25) is 19.8 Å². The number of nitro benzene ring substituents is 1. The first-order valence-corrected chi connectivity index (χ1v) is 6.13. The molecule has 0 heterocycles. The van der Waals surface area contributed by atoms with Crippen LogP contribution in [0.2, 0.25) is 0 Å². The van der Waals surface area contributed by atoms with E-state index in [9.17, 15) is 19.7 Å². The molecule has 0 aromatic heterocycles. The van der Waals surface area contributed by atoms with Crippen molar-refractivity contribution < 1.29 is 19.2 Å². The molecule has 0 saturated carbocycles. The highest BCUT2D eigenvalue weighted by Crippen LogP contribution is 2.29. The Morgan fingerprint density at radius 3 is 2.45 bits per heavy atom. The molecule has 20 heavy (non-hydrogen) atoms. The summed E-state index contributed by atoms with van der Waals surface area (Å²) >= 11 is 0. The van der Waals surface area contributed by atoms with Crippen molar-refractivity contribution in [2.75, 3.05) is 11.5 Å². The average molecular weight is 280 g/mol. The van der Waals surface area contributed by atoms with E-state index < -0.39 is 22.8 Å². The van der Waals surface area contributed by atoms with Crippen LogP contribution in [0, 0.1) is 10.1 Å². The van der Waals surface area contributed by atoms with Gasteiger partial charge in [0, 0.05) is 12.1 Å². The van der Waals surface area contributed by atoms with Gasteiger partial charge in [-0.25, -0.2) is 4.79 Å². The molecule has 108 valence electrons. The summed E-state index contributed by atoms with van der Waals surface area (Å²) in [4.78, 5) is 35.1. The van der Waals surface area contributed by atoms with Crippen molar-refractivity contribution in [1.82, 2.24) is 0 Å². The third-order valence-electron chi connectivity index (χ3n) is 2.52. The molecule has 0 unspecified atom stereocenters. The Balaban J connectivity index is 3.25. The molecular weight excluding hydrogens is 264 g/mol. The molecule has 0 radical (unpaired) electrons. The third kappa shape index (κ3) is 3.31. The molecule has 0 aliphatic carbocycles. The molecule has 1 aromatic rings. The molecule has 0 spiro atoms. The number of anilines is 1. The fraction of sp³-hybridized carbons (Fsp3) is 0.385. The van der Waals surface area contributed by atoms with E-state index in [0.717, 1.165) is 4.90 Å². The van der Waals surface area contributed by atoms with Crippen molar-refractivity contribution in [1.29, 1.82) is 0 Å². The van der Waals surface area contributed by atoms with Gasteiger partial charge in [0.05, 0.1) is 11.5 Å². The normalized spacial score (nSPS) is 10.2. The van der Waals surface area contributed by atoms with Crippen LogP contribution >= 0.6 is 0 Å². The molecule has 1 rings (SSSR count). The van der Waals surface area contributed by atoms with Crippen LogP contribution in [0.5, 0.6) is 0 Å². The van der Waals surface area contributed by atoms with E-state index in [1.807, 2.05) is 0 Å². The van der Waals surface area contributed by atoms with E-state index in [4.69, 9.17) is 0 Å². The number of hydrogen-bond acceptors (Lipinski definition) is 5. The maximum atomic E-state index is 12.1. The second-order valence-electron chi connectivity index (χ2n) is 4.24. The molecule has 0 saturated heterocycles. The number of hydrogen-bond donors (Lipinski definition) is 0. The lowest BCUT2D eigenvalue weighted by molar-refractivity contribution is -0.384. The summed E-state index contributed by atoms with van der Waals surface area (Å²) in [6.45, 7) is 4.96. The molecule has 7 nitrogen and oxygen atoms in total. The third-order valence-corrected chi connectivity index (χ3v) is 2.52. The summed E-state index contributed by atoms with van der Waals surface area (Å²) in [5.74, 6) is -1.95. The zero-order valence-corrected chi connectivity index (χ0v) is 11.5. The number of para-hydroxylation sites is 2. The topological polar surface area (TPSA) is 89.8 Å². The summed E-state index contributed by atoms with van der Waals surface area (Å²) in [7, 11) is 0. The largest absolute Gasteiger partial charge is 0.459 e. The summed E-state index contributed by atoms with van der Waals surface area (Å²) < 4.78 is 4.66. The Kier molecular flexibility index (Phi) is 5.19. The highest BCUT2D eigenvalue weighted by molar-refractivity contribution is 6.38. The molecule has 0 bridgehead atoms. The standard InChI is InChI=1S/C13H16N2O5/c1-4-20-13(17)12(16)14(9(2)3)10-7-5-6-8-11(10)15(18)19/h5-9H,4H2,1-3H3. The maximum absolute atomic E-state index is 12.1. The Labute approximate surface area is 116 Å². The Morgan fingerprint density at radius 1 is 1.35 bits per heavy atom. The van der Waals surface area contributed by atoms with Crippen LogP contribution in [0.4, 0.5) is 11.4 Å². The van der Waals surface area contributed by atoms with Gasteiger partial charge in [0.1, 0.15) is 5.69 Å². The first kappa shape index (κ1) is 15.6. The van der Waals surface area contributed by atoms with Crippen molar-refractivity contribution in [3.05, 3.63) is 34.4 Å². The fourth-order valence-electron chi connectivity index (χ4n) is 1.74. The van der Waals surface area contributed by atoms with Crippen LogP contribution < -0.4 is 4.90 Å². The van der Waals surface area contributed by atoms with Gasteiger partial charge in [0.25, 0.3) is 5.69 Å². The van der Waals surface area contributed by atoms with E-state index in [2.05, 4.69) is 4.74 Å². The molecular formula is C13H16N2O5. The SMILES string of the molecule is CCOC(=O)C(=O)N(c1ccccc1[N+](=O)[O-])C(C)C. The zero-order valence-electron chi connectivity index (χ0n) is 11.5. The summed E-state index contributed by atoms with van der Waals surface area (Å²) in [5.41, 5.74) is -0.163. The van der Waals surface area contributed by atoms with E-state index in [1.165, 1.54) is 18.2 Å². The predicted molar refractivity (Wildman–Crippen MR) is 72.4 cm³/mol. The van der Waals surface area contributed by atoms with Crippen molar-refractivity contribution in [2.24, 2.45) is 0 Å². The van der Waals surface area contributed by atoms with Crippen LogP contribution in [-0.2, 0) is 14.3 Å². The minimum atomic E-state index is -1.03. The lowest BCUT2D eigenvalue weighted by atomic mass is 10.2. The van der Waals surface area contributed by atoms with Crippen LogP contribution in [0.1, 0.15) is 20.8 Å². The van der Waals surface area contributed by atoms with E-state index in [1.54, 1.807) is 26.8 Å². The Hall–Kier alpha value is -2.44. The Bertz CT molecular complexity index is 527. The van der Waals surface area contributed by atoms with Crippen molar-refractivity contribution in [2.45, 2.75) is 26.8 Å². The highest BCUT2D eigenvalue weighted by Gasteiger charge is 2.31. The molecule has 0 atom stereocenters.